The second-order valence-electron chi connectivity index (χ2n) is 3.58. The average molecular weight is 202 g/mol. The Labute approximate surface area is 81.7 Å². The second kappa shape index (κ2) is 4.95. The lowest BCUT2D eigenvalue weighted by Gasteiger charge is -2.29. The highest BCUT2D eigenvalue weighted by atomic mass is 16.5. The lowest BCUT2D eigenvalue weighted by atomic mass is 9.84. The van der Waals surface area contributed by atoms with Crippen molar-refractivity contribution in [2.24, 2.45) is 11.8 Å². The predicted molar refractivity (Wildman–Crippen MR) is 46.9 cm³/mol. The third-order valence-corrected chi connectivity index (χ3v) is 2.51. The Bertz CT molecular complexity index is 201. The third-order valence-electron chi connectivity index (χ3n) is 2.51. The molecule has 0 aromatic heterocycles. The first-order valence-corrected chi connectivity index (χ1v) is 4.61. The third kappa shape index (κ3) is 3.33. The predicted octanol–water partition coefficient (Wildman–Crippen LogP) is 0.589. The van der Waals surface area contributed by atoms with Crippen LogP contribution in [-0.4, -0.2) is 35.4 Å². The van der Waals surface area contributed by atoms with Crippen LogP contribution >= 0.6 is 0 Å². The minimum absolute atomic E-state index is 0.00204. The fourth-order valence-electron chi connectivity index (χ4n) is 1.78. The molecular formula is C9H14O5. The number of carboxylic acids is 2. The maximum absolute atomic E-state index is 10.5. The van der Waals surface area contributed by atoms with E-state index in [2.05, 4.69) is 0 Å². The van der Waals surface area contributed by atoms with Crippen molar-refractivity contribution in [3.8, 4) is 0 Å². The summed E-state index contributed by atoms with van der Waals surface area (Å²) in [6.45, 7) is 0.901. The number of hydrogen-bond donors (Lipinski definition) is 2. The molecule has 0 radical (unpaired) electrons. The first-order valence-electron chi connectivity index (χ1n) is 4.61. The van der Waals surface area contributed by atoms with Gasteiger partial charge in [0.15, 0.2) is 0 Å². The van der Waals surface area contributed by atoms with Crippen LogP contribution in [0.1, 0.15) is 19.3 Å². The molecule has 1 heterocycles. The van der Waals surface area contributed by atoms with E-state index >= 15 is 0 Å². The first-order chi connectivity index (χ1) is 6.59. The van der Waals surface area contributed by atoms with Gasteiger partial charge >= 0.3 is 11.9 Å². The normalized spacial score (nSPS) is 27.1. The Morgan fingerprint density at radius 1 is 1.14 bits per heavy atom. The molecule has 0 aromatic rings. The van der Waals surface area contributed by atoms with E-state index in [0.717, 1.165) is 0 Å². The van der Waals surface area contributed by atoms with E-state index in [4.69, 9.17) is 14.9 Å². The summed E-state index contributed by atoms with van der Waals surface area (Å²) in [5.74, 6) is -1.97. The molecular weight excluding hydrogens is 188 g/mol. The summed E-state index contributed by atoms with van der Waals surface area (Å²) in [7, 11) is 0. The van der Waals surface area contributed by atoms with Gasteiger partial charge in [-0.1, -0.05) is 0 Å². The lowest BCUT2D eigenvalue weighted by molar-refractivity contribution is -0.144. The van der Waals surface area contributed by atoms with Gasteiger partial charge in [0, 0.05) is 13.0 Å². The highest BCUT2D eigenvalue weighted by Gasteiger charge is 2.29. The van der Waals surface area contributed by atoms with Crippen molar-refractivity contribution < 1.29 is 24.5 Å². The Kier molecular flexibility index (Phi) is 3.88. The van der Waals surface area contributed by atoms with Crippen molar-refractivity contribution in [3.05, 3.63) is 0 Å². The zero-order valence-electron chi connectivity index (χ0n) is 7.81. The largest absolute Gasteiger partial charge is 0.481 e. The molecule has 0 aromatic carbocycles. The molecule has 80 valence electrons. The fourth-order valence-corrected chi connectivity index (χ4v) is 1.78. The molecule has 14 heavy (non-hydrogen) atoms. The Morgan fingerprint density at radius 3 is 2.29 bits per heavy atom. The molecule has 2 N–H and O–H groups in total. The molecule has 1 fully saturated rings. The summed E-state index contributed by atoms with van der Waals surface area (Å²) < 4.78 is 5.14. The van der Waals surface area contributed by atoms with Crippen LogP contribution in [0, 0.1) is 11.8 Å². The molecule has 5 nitrogen and oxygen atoms in total. The maximum atomic E-state index is 10.5. The maximum Gasteiger partial charge on any atom is 0.303 e. The summed E-state index contributed by atoms with van der Waals surface area (Å²) in [5, 5.41) is 17.2. The zero-order chi connectivity index (χ0) is 10.6. The molecule has 1 saturated heterocycles. The Morgan fingerprint density at radius 2 is 1.71 bits per heavy atom. The highest BCUT2D eigenvalue weighted by Crippen LogP contribution is 2.27. The minimum atomic E-state index is -0.893. The lowest BCUT2D eigenvalue weighted by Crippen LogP contribution is -2.30. The standard InChI is InChI=1S/C9H14O5/c10-8(11)3-6-1-2-14-5-7(6)4-9(12)13/h6-7H,1-5H2,(H,10,11)(H,12,13). The fraction of sp³-hybridized carbons (Fsp3) is 0.778. The van der Waals surface area contributed by atoms with Crippen LogP contribution in [0.5, 0.6) is 0 Å². The molecule has 0 aliphatic carbocycles. The van der Waals surface area contributed by atoms with Crippen LogP contribution in [0.3, 0.4) is 0 Å². The van der Waals surface area contributed by atoms with Crippen LogP contribution in [-0.2, 0) is 14.3 Å². The average Bonchev–Trinajstić information content (AvgIpc) is 2.06. The number of aliphatic carboxylic acids is 2. The Balaban J connectivity index is 2.49. The van der Waals surface area contributed by atoms with Gasteiger partial charge in [0.1, 0.15) is 0 Å². The highest BCUT2D eigenvalue weighted by molar-refractivity contribution is 5.68. The summed E-state index contributed by atoms with van der Waals surface area (Å²) in [5.41, 5.74) is 0. The van der Waals surface area contributed by atoms with E-state index in [9.17, 15) is 9.59 Å². The zero-order valence-corrected chi connectivity index (χ0v) is 7.81. The number of hydrogen-bond acceptors (Lipinski definition) is 3. The molecule has 2 unspecified atom stereocenters. The van der Waals surface area contributed by atoms with Gasteiger partial charge in [-0.25, -0.2) is 0 Å². The molecule has 0 bridgehead atoms. The van der Waals surface area contributed by atoms with E-state index in [1.54, 1.807) is 0 Å². The smallest absolute Gasteiger partial charge is 0.303 e. The SMILES string of the molecule is O=C(O)CC1CCOCC1CC(=O)O. The monoisotopic (exact) mass is 202 g/mol. The van der Waals surface area contributed by atoms with Crippen LogP contribution in [0.25, 0.3) is 0 Å². The van der Waals surface area contributed by atoms with Crippen molar-refractivity contribution >= 4 is 11.9 Å². The molecule has 1 rings (SSSR count). The van der Waals surface area contributed by atoms with Crippen molar-refractivity contribution in [3.63, 3.8) is 0 Å². The number of carboxylic acid groups (broad SMARTS) is 2. The van der Waals surface area contributed by atoms with Crippen molar-refractivity contribution in [2.75, 3.05) is 13.2 Å². The second-order valence-corrected chi connectivity index (χ2v) is 3.58. The van der Waals surface area contributed by atoms with Gasteiger partial charge < -0.3 is 14.9 Å². The topological polar surface area (TPSA) is 83.8 Å². The van der Waals surface area contributed by atoms with Gasteiger partial charge in [-0.2, -0.15) is 0 Å². The summed E-state index contributed by atoms with van der Waals surface area (Å²) in [6, 6.07) is 0. The van der Waals surface area contributed by atoms with Crippen LogP contribution in [0.2, 0.25) is 0 Å². The summed E-state index contributed by atoms with van der Waals surface area (Å²) >= 11 is 0. The quantitative estimate of drug-likeness (QED) is 0.697. The molecule has 5 heteroatoms. The van der Waals surface area contributed by atoms with E-state index in [-0.39, 0.29) is 24.7 Å². The van der Waals surface area contributed by atoms with Gasteiger partial charge in [0.25, 0.3) is 0 Å². The van der Waals surface area contributed by atoms with E-state index in [1.807, 2.05) is 0 Å². The van der Waals surface area contributed by atoms with Gasteiger partial charge in [0.2, 0.25) is 0 Å². The molecule has 0 amide bonds. The van der Waals surface area contributed by atoms with Crippen molar-refractivity contribution in [1.29, 1.82) is 0 Å². The molecule has 0 spiro atoms. The molecule has 0 saturated carbocycles. The van der Waals surface area contributed by atoms with Gasteiger partial charge in [-0.3, -0.25) is 9.59 Å². The Hall–Kier alpha value is -1.10. The van der Waals surface area contributed by atoms with Crippen molar-refractivity contribution in [1.82, 2.24) is 0 Å². The van der Waals surface area contributed by atoms with Crippen LogP contribution in [0.4, 0.5) is 0 Å². The van der Waals surface area contributed by atoms with Crippen LogP contribution in [0.15, 0.2) is 0 Å². The number of rotatable bonds is 4. The molecule has 1 aliphatic rings. The van der Waals surface area contributed by atoms with Gasteiger partial charge in [-0.15, -0.1) is 0 Å². The summed E-state index contributed by atoms with van der Waals surface area (Å²) in [6.07, 6.45) is 0.684. The van der Waals surface area contributed by atoms with Crippen molar-refractivity contribution in [2.45, 2.75) is 19.3 Å². The van der Waals surface area contributed by atoms with E-state index in [0.29, 0.717) is 19.6 Å². The minimum Gasteiger partial charge on any atom is -0.481 e. The first kappa shape index (κ1) is 11.0. The molecule has 1 aliphatic heterocycles. The summed E-state index contributed by atoms with van der Waals surface area (Å²) in [4.78, 5) is 21.0. The number of ether oxygens (including phenoxy) is 1. The van der Waals surface area contributed by atoms with Gasteiger partial charge in [-0.05, 0) is 18.3 Å². The van der Waals surface area contributed by atoms with E-state index in [1.165, 1.54) is 0 Å². The van der Waals surface area contributed by atoms with Gasteiger partial charge in [0.05, 0.1) is 13.0 Å². The number of carbonyl (C=O) groups is 2. The molecule has 2 atom stereocenters. The van der Waals surface area contributed by atoms with E-state index < -0.39 is 11.9 Å². The van der Waals surface area contributed by atoms with Crippen LogP contribution < -0.4 is 0 Å².